The van der Waals surface area contributed by atoms with Crippen molar-refractivity contribution in [2.75, 3.05) is 39.3 Å². The van der Waals surface area contributed by atoms with Gasteiger partial charge in [-0.15, -0.1) is 6.58 Å². The zero-order valence-corrected chi connectivity index (χ0v) is 16.5. The summed E-state index contributed by atoms with van der Waals surface area (Å²) in [6.45, 7) is 19.6. The van der Waals surface area contributed by atoms with Gasteiger partial charge in [-0.25, -0.2) is 0 Å². The minimum Gasteiger partial charge on any atom is -0.297 e. The number of allylic oxidation sites excluding steroid dienone is 5. The minimum atomic E-state index is 1.03. The predicted octanol–water partition coefficient (Wildman–Crippen LogP) is 5.21. The molecule has 0 N–H and O–H groups in total. The summed E-state index contributed by atoms with van der Waals surface area (Å²) in [6, 6.07) is 0. The first-order chi connectivity index (χ1) is 11.5. The molecule has 0 aromatic rings. The lowest BCUT2D eigenvalue weighted by Crippen LogP contribution is -2.46. The Hall–Kier alpha value is -1.12. The first-order valence-electron chi connectivity index (χ1n) is 9.51. The molecule has 0 atom stereocenters. The van der Waals surface area contributed by atoms with Crippen LogP contribution in [-0.4, -0.2) is 49.1 Å². The fourth-order valence-corrected chi connectivity index (χ4v) is 2.96. The van der Waals surface area contributed by atoms with Gasteiger partial charge < -0.3 is 0 Å². The summed E-state index contributed by atoms with van der Waals surface area (Å²) in [7, 11) is 0. The average molecular weight is 331 g/mol. The highest BCUT2D eigenvalue weighted by molar-refractivity contribution is 5.06. The molecular formula is C22H38N2. The van der Waals surface area contributed by atoms with Crippen molar-refractivity contribution >= 4 is 0 Å². The molecule has 1 aliphatic heterocycles. The largest absolute Gasteiger partial charge is 0.297 e. The van der Waals surface area contributed by atoms with Crippen molar-refractivity contribution in [1.29, 1.82) is 0 Å². The maximum atomic E-state index is 3.83. The predicted molar refractivity (Wildman–Crippen MR) is 108 cm³/mol. The van der Waals surface area contributed by atoms with Gasteiger partial charge in [0, 0.05) is 39.3 Å². The van der Waals surface area contributed by atoms with E-state index in [0.29, 0.717) is 0 Å². The van der Waals surface area contributed by atoms with Crippen LogP contribution in [0, 0.1) is 0 Å². The first-order valence-corrected chi connectivity index (χ1v) is 9.51. The molecule has 0 unspecified atom stereocenters. The van der Waals surface area contributed by atoms with Crippen LogP contribution in [0.25, 0.3) is 0 Å². The Bertz CT molecular complexity index is 445. The molecule has 0 bridgehead atoms. The Morgan fingerprint density at radius 3 is 1.79 bits per heavy atom. The number of nitrogens with zero attached hydrogens (tertiary/aromatic N) is 2. The quantitative estimate of drug-likeness (QED) is 0.507. The second-order valence-corrected chi connectivity index (χ2v) is 7.35. The molecule has 0 amide bonds. The van der Waals surface area contributed by atoms with Crippen molar-refractivity contribution in [3.8, 4) is 0 Å². The Morgan fingerprint density at radius 2 is 1.25 bits per heavy atom. The third kappa shape index (κ3) is 9.89. The molecule has 136 valence electrons. The van der Waals surface area contributed by atoms with E-state index in [4.69, 9.17) is 0 Å². The van der Waals surface area contributed by atoms with Gasteiger partial charge in [-0.3, -0.25) is 9.80 Å². The topological polar surface area (TPSA) is 6.48 Å². The van der Waals surface area contributed by atoms with Crippen molar-refractivity contribution in [1.82, 2.24) is 9.80 Å². The van der Waals surface area contributed by atoms with Gasteiger partial charge in [-0.1, -0.05) is 41.0 Å². The van der Waals surface area contributed by atoms with Crippen LogP contribution in [0.2, 0.25) is 0 Å². The molecule has 1 heterocycles. The Balaban J connectivity index is 2.20. The lowest BCUT2D eigenvalue weighted by Gasteiger charge is -2.33. The van der Waals surface area contributed by atoms with E-state index in [1.54, 1.807) is 0 Å². The molecule has 24 heavy (non-hydrogen) atoms. The van der Waals surface area contributed by atoms with Gasteiger partial charge in [-0.2, -0.15) is 0 Å². The average Bonchev–Trinajstić information content (AvgIpc) is 2.54. The van der Waals surface area contributed by atoms with Gasteiger partial charge >= 0.3 is 0 Å². The number of hydrogen-bond donors (Lipinski definition) is 0. The summed E-state index contributed by atoms with van der Waals surface area (Å²) >= 11 is 0. The second kappa shape index (κ2) is 12.3. The third-order valence-electron chi connectivity index (χ3n) is 4.67. The Kier molecular flexibility index (Phi) is 10.7. The van der Waals surface area contributed by atoms with E-state index < -0.39 is 0 Å². The van der Waals surface area contributed by atoms with E-state index in [9.17, 15) is 0 Å². The fraction of sp³-hybridized carbons (Fsp3) is 0.636. The summed E-state index contributed by atoms with van der Waals surface area (Å²) in [5, 5.41) is 0. The normalized spacial score (nSPS) is 17.8. The van der Waals surface area contributed by atoms with Crippen molar-refractivity contribution in [3.63, 3.8) is 0 Å². The lowest BCUT2D eigenvalue weighted by atomic mass is 10.1. The molecule has 1 saturated heterocycles. The summed E-state index contributed by atoms with van der Waals surface area (Å²) in [4.78, 5) is 5.03. The van der Waals surface area contributed by atoms with Crippen LogP contribution >= 0.6 is 0 Å². The zero-order valence-electron chi connectivity index (χ0n) is 16.5. The van der Waals surface area contributed by atoms with Gasteiger partial charge in [0.1, 0.15) is 0 Å². The zero-order chi connectivity index (χ0) is 17.8. The van der Waals surface area contributed by atoms with Crippen LogP contribution in [-0.2, 0) is 0 Å². The smallest absolute Gasteiger partial charge is 0.0166 e. The Morgan fingerprint density at radius 1 is 0.750 bits per heavy atom. The van der Waals surface area contributed by atoms with Crippen LogP contribution in [0.3, 0.4) is 0 Å². The molecular weight excluding hydrogens is 292 g/mol. The summed E-state index contributed by atoms with van der Waals surface area (Å²) in [5.74, 6) is 0. The lowest BCUT2D eigenvalue weighted by molar-refractivity contribution is 0.153. The molecule has 2 nitrogen and oxygen atoms in total. The van der Waals surface area contributed by atoms with Crippen LogP contribution < -0.4 is 0 Å². The monoisotopic (exact) mass is 330 g/mol. The van der Waals surface area contributed by atoms with Crippen molar-refractivity contribution in [3.05, 3.63) is 47.6 Å². The molecule has 0 radical (unpaired) electrons. The molecule has 0 aliphatic carbocycles. The molecule has 1 fully saturated rings. The standard InChI is InChI=1S/C22H38N2/c1-6-14-23-16-18-24(19-17-23)15-13-22(5)12-8-11-21(4)10-7-9-20(2)3/h6,9,11,13H,1,7-8,10,12,14-19H2,2-5H3/b21-11+,22-13+. The number of hydrogen-bond acceptors (Lipinski definition) is 2. The van der Waals surface area contributed by atoms with Gasteiger partial charge in [0.15, 0.2) is 0 Å². The summed E-state index contributed by atoms with van der Waals surface area (Å²) < 4.78 is 0. The van der Waals surface area contributed by atoms with Crippen molar-refractivity contribution in [2.45, 2.75) is 53.4 Å². The maximum absolute atomic E-state index is 3.83. The van der Waals surface area contributed by atoms with E-state index in [-0.39, 0.29) is 0 Å². The van der Waals surface area contributed by atoms with Crippen LogP contribution in [0.5, 0.6) is 0 Å². The SMILES string of the molecule is C=CCN1CCN(C/C=C(\C)CC/C=C(\C)CCC=C(C)C)CC1. The molecule has 0 aromatic heterocycles. The van der Waals surface area contributed by atoms with Crippen molar-refractivity contribution in [2.24, 2.45) is 0 Å². The van der Waals surface area contributed by atoms with Crippen LogP contribution in [0.15, 0.2) is 47.6 Å². The van der Waals surface area contributed by atoms with Gasteiger partial charge in [0.25, 0.3) is 0 Å². The minimum absolute atomic E-state index is 1.03. The van der Waals surface area contributed by atoms with E-state index in [0.717, 1.165) is 13.1 Å². The van der Waals surface area contributed by atoms with E-state index in [1.165, 1.54) is 68.6 Å². The van der Waals surface area contributed by atoms with Crippen LogP contribution in [0.4, 0.5) is 0 Å². The molecule has 1 aliphatic rings. The van der Waals surface area contributed by atoms with Gasteiger partial charge in [-0.05, 0) is 53.4 Å². The van der Waals surface area contributed by atoms with Crippen molar-refractivity contribution < 1.29 is 0 Å². The highest BCUT2D eigenvalue weighted by atomic mass is 15.3. The maximum Gasteiger partial charge on any atom is 0.0166 e. The highest BCUT2D eigenvalue weighted by Gasteiger charge is 2.14. The van der Waals surface area contributed by atoms with Gasteiger partial charge in [0.05, 0.1) is 0 Å². The Labute approximate surface area is 150 Å². The van der Waals surface area contributed by atoms with Gasteiger partial charge in [0.2, 0.25) is 0 Å². The number of piperazine rings is 1. The third-order valence-corrected chi connectivity index (χ3v) is 4.67. The van der Waals surface area contributed by atoms with Crippen LogP contribution in [0.1, 0.15) is 53.4 Å². The highest BCUT2D eigenvalue weighted by Crippen LogP contribution is 2.12. The van der Waals surface area contributed by atoms with E-state index >= 15 is 0 Å². The summed E-state index contributed by atoms with van der Waals surface area (Å²) in [5.41, 5.74) is 4.47. The molecule has 0 aromatic carbocycles. The molecule has 1 rings (SSSR count). The van der Waals surface area contributed by atoms with E-state index in [1.807, 2.05) is 6.08 Å². The molecule has 0 spiro atoms. The van der Waals surface area contributed by atoms with E-state index in [2.05, 4.69) is 62.3 Å². The number of rotatable bonds is 10. The molecule has 2 heteroatoms. The second-order valence-electron chi connectivity index (χ2n) is 7.35. The summed E-state index contributed by atoms with van der Waals surface area (Å²) in [6.07, 6.45) is 13.9. The fourth-order valence-electron chi connectivity index (χ4n) is 2.96. The first kappa shape index (κ1) is 20.9. The molecule has 0 saturated carbocycles.